The van der Waals surface area contributed by atoms with E-state index in [1.54, 1.807) is 0 Å². The van der Waals surface area contributed by atoms with Gasteiger partial charge in [-0.25, -0.2) is 0 Å². The molecule has 0 aliphatic carbocycles. The molecule has 1 aliphatic rings. The van der Waals surface area contributed by atoms with Crippen LogP contribution in [0.4, 0.5) is 0 Å². The second-order valence-corrected chi connectivity index (χ2v) is 3.83. The lowest BCUT2D eigenvalue weighted by Crippen LogP contribution is -2.35. The first-order valence-corrected chi connectivity index (χ1v) is 4.89. The summed E-state index contributed by atoms with van der Waals surface area (Å²) in [6.07, 6.45) is 2.59. The Morgan fingerprint density at radius 1 is 1.54 bits per heavy atom. The zero-order chi connectivity index (χ0) is 9.68. The van der Waals surface area contributed by atoms with Crippen molar-refractivity contribution in [2.45, 2.75) is 25.3 Å². The number of rotatable bonds is 4. The molecular formula is C9H18N2O2. The predicted octanol–water partition coefficient (Wildman–Crippen LogP) is 0.846. The Morgan fingerprint density at radius 2 is 2.15 bits per heavy atom. The number of likely N-dealkylation sites (tertiary alicyclic amines) is 1. The summed E-state index contributed by atoms with van der Waals surface area (Å²) < 4.78 is 0. The van der Waals surface area contributed by atoms with E-state index in [0.29, 0.717) is 12.3 Å². The molecule has 1 saturated heterocycles. The van der Waals surface area contributed by atoms with Crippen molar-refractivity contribution in [3.05, 3.63) is 4.91 Å². The second kappa shape index (κ2) is 5.29. The molecule has 1 atom stereocenters. The van der Waals surface area contributed by atoms with Crippen LogP contribution >= 0.6 is 0 Å². The molecule has 0 amide bonds. The quantitative estimate of drug-likeness (QED) is 0.662. The average Bonchev–Trinajstić information content (AvgIpc) is 2.16. The summed E-state index contributed by atoms with van der Waals surface area (Å²) in [5.41, 5.74) is 0. The predicted molar refractivity (Wildman–Crippen MR) is 51.5 cm³/mol. The van der Waals surface area contributed by atoms with Gasteiger partial charge < -0.3 is 10.0 Å². The van der Waals surface area contributed by atoms with Crippen molar-refractivity contribution in [2.24, 2.45) is 11.1 Å². The first kappa shape index (κ1) is 10.6. The Hall–Kier alpha value is -0.480. The van der Waals surface area contributed by atoms with Gasteiger partial charge in [-0.2, -0.15) is 4.91 Å². The zero-order valence-electron chi connectivity index (χ0n) is 8.15. The van der Waals surface area contributed by atoms with Gasteiger partial charge in [0.05, 0.1) is 6.04 Å². The molecule has 0 radical (unpaired) electrons. The summed E-state index contributed by atoms with van der Waals surface area (Å²) in [6.45, 7) is 2.16. The Morgan fingerprint density at radius 3 is 2.62 bits per heavy atom. The van der Waals surface area contributed by atoms with Crippen LogP contribution in [0.2, 0.25) is 0 Å². The highest BCUT2D eigenvalue weighted by Crippen LogP contribution is 2.23. The smallest absolute Gasteiger partial charge is 0.0970 e. The largest absolute Gasteiger partial charge is 0.396 e. The van der Waals surface area contributed by atoms with Crippen molar-refractivity contribution >= 4 is 0 Å². The average molecular weight is 186 g/mol. The third kappa shape index (κ3) is 3.04. The molecule has 0 aromatic rings. The van der Waals surface area contributed by atoms with Crippen LogP contribution in [0.3, 0.4) is 0 Å². The number of hydrogen-bond acceptors (Lipinski definition) is 4. The van der Waals surface area contributed by atoms with Crippen molar-refractivity contribution in [2.75, 3.05) is 26.7 Å². The van der Waals surface area contributed by atoms with Crippen LogP contribution in [0.1, 0.15) is 19.3 Å². The fraction of sp³-hybridized carbons (Fsp3) is 1.00. The van der Waals surface area contributed by atoms with Crippen LogP contribution < -0.4 is 0 Å². The van der Waals surface area contributed by atoms with Gasteiger partial charge in [-0.3, -0.25) is 0 Å². The number of nitrogens with zero attached hydrogens (tertiary/aromatic N) is 2. The molecular weight excluding hydrogens is 168 g/mol. The monoisotopic (exact) mass is 186 g/mol. The molecule has 1 unspecified atom stereocenters. The lowest BCUT2D eigenvalue weighted by molar-refractivity contribution is 0.179. The van der Waals surface area contributed by atoms with Crippen LogP contribution in [0.25, 0.3) is 0 Å². The summed E-state index contributed by atoms with van der Waals surface area (Å²) in [5.74, 6) is 0.390. The SMILES string of the molecule is CN1CCC(C(CCO)N=O)CC1. The Labute approximate surface area is 78.9 Å². The van der Waals surface area contributed by atoms with Crippen LogP contribution in [0.15, 0.2) is 5.18 Å². The minimum Gasteiger partial charge on any atom is -0.396 e. The van der Waals surface area contributed by atoms with Gasteiger partial charge in [0.25, 0.3) is 0 Å². The van der Waals surface area contributed by atoms with Gasteiger partial charge in [-0.15, -0.1) is 0 Å². The van der Waals surface area contributed by atoms with Crippen LogP contribution in [0.5, 0.6) is 0 Å². The van der Waals surface area contributed by atoms with E-state index in [2.05, 4.69) is 17.1 Å². The van der Waals surface area contributed by atoms with E-state index in [1.807, 2.05) is 0 Å². The normalized spacial score (nSPS) is 22.9. The van der Waals surface area contributed by atoms with Gasteiger partial charge in [-0.1, -0.05) is 5.18 Å². The molecule has 1 aliphatic heterocycles. The van der Waals surface area contributed by atoms with Gasteiger partial charge in [-0.05, 0) is 45.3 Å². The molecule has 0 spiro atoms. The number of hydrogen-bond donors (Lipinski definition) is 1. The fourth-order valence-corrected chi connectivity index (χ4v) is 1.92. The molecule has 0 saturated carbocycles. The molecule has 0 aromatic heterocycles. The minimum atomic E-state index is -0.168. The van der Waals surface area contributed by atoms with E-state index < -0.39 is 0 Å². The summed E-state index contributed by atoms with van der Waals surface area (Å²) in [7, 11) is 2.09. The highest BCUT2D eigenvalue weighted by atomic mass is 16.3. The van der Waals surface area contributed by atoms with Crippen LogP contribution in [-0.2, 0) is 0 Å². The maximum absolute atomic E-state index is 10.5. The molecule has 13 heavy (non-hydrogen) atoms. The Balaban J connectivity index is 2.36. The van der Waals surface area contributed by atoms with Gasteiger partial charge in [0, 0.05) is 6.61 Å². The maximum Gasteiger partial charge on any atom is 0.0970 e. The standard InChI is InChI=1S/C9H18N2O2/c1-11-5-2-8(3-6-11)9(10-13)4-7-12/h8-9,12H,2-7H2,1H3. The number of nitroso groups, excluding NO2 is 1. The second-order valence-electron chi connectivity index (χ2n) is 3.83. The molecule has 4 heteroatoms. The zero-order valence-corrected chi connectivity index (χ0v) is 8.15. The molecule has 0 aromatic carbocycles. The molecule has 76 valence electrons. The number of aliphatic hydroxyl groups is 1. The Kier molecular flexibility index (Phi) is 4.32. The van der Waals surface area contributed by atoms with E-state index in [0.717, 1.165) is 25.9 Å². The molecule has 1 N–H and O–H groups in total. The van der Waals surface area contributed by atoms with E-state index in [4.69, 9.17) is 5.11 Å². The van der Waals surface area contributed by atoms with Crippen molar-refractivity contribution < 1.29 is 5.11 Å². The summed E-state index contributed by atoms with van der Waals surface area (Å²) in [4.78, 5) is 12.8. The lowest BCUT2D eigenvalue weighted by Gasteiger charge is -2.30. The van der Waals surface area contributed by atoms with Crippen molar-refractivity contribution in [1.29, 1.82) is 0 Å². The van der Waals surface area contributed by atoms with E-state index in [9.17, 15) is 4.91 Å². The van der Waals surface area contributed by atoms with Gasteiger partial charge in [0.15, 0.2) is 0 Å². The fourth-order valence-electron chi connectivity index (χ4n) is 1.92. The van der Waals surface area contributed by atoms with Crippen LogP contribution in [-0.4, -0.2) is 42.8 Å². The van der Waals surface area contributed by atoms with Crippen molar-refractivity contribution in [3.63, 3.8) is 0 Å². The Bertz CT molecular complexity index is 156. The molecule has 1 rings (SSSR count). The lowest BCUT2D eigenvalue weighted by atomic mass is 9.88. The minimum absolute atomic E-state index is 0.0722. The first-order chi connectivity index (χ1) is 6.27. The summed E-state index contributed by atoms with van der Waals surface area (Å²) in [5, 5.41) is 11.8. The molecule has 4 nitrogen and oxygen atoms in total. The molecule has 0 bridgehead atoms. The first-order valence-electron chi connectivity index (χ1n) is 4.89. The summed E-state index contributed by atoms with van der Waals surface area (Å²) >= 11 is 0. The molecule has 1 heterocycles. The van der Waals surface area contributed by atoms with E-state index in [1.165, 1.54) is 0 Å². The van der Waals surface area contributed by atoms with E-state index in [-0.39, 0.29) is 12.6 Å². The molecule has 1 fully saturated rings. The highest BCUT2D eigenvalue weighted by Gasteiger charge is 2.25. The summed E-state index contributed by atoms with van der Waals surface area (Å²) in [6, 6.07) is -0.168. The topological polar surface area (TPSA) is 52.9 Å². The van der Waals surface area contributed by atoms with Gasteiger partial charge in [0.2, 0.25) is 0 Å². The number of aliphatic hydroxyl groups excluding tert-OH is 1. The maximum atomic E-state index is 10.5. The highest BCUT2D eigenvalue weighted by molar-refractivity contribution is 4.80. The van der Waals surface area contributed by atoms with Gasteiger partial charge >= 0.3 is 0 Å². The van der Waals surface area contributed by atoms with Gasteiger partial charge in [0.1, 0.15) is 0 Å². The van der Waals surface area contributed by atoms with E-state index >= 15 is 0 Å². The third-order valence-corrected chi connectivity index (χ3v) is 2.87. The van der Waals surface area contributed by atoms with Crippen molar-refractivity contribution in [3.8, 4) is 0 Å². The number of piperidine rings is 1. The van der Waals surface area contributed by atoms with Crippen molar-refractivity contribution in [1.82, 2.24) is 4.90 Å². The third-order valence-electron chi connectivity index (χ3n) is 2.87. The van der Waals surface area contributed by atoms with Crippen LogP contribution in [0, 0.1) is 10.8 Å².